The van der Waals surface area contributed by atoms with Gasteiger partial charge in [-0.25, -0.2) is 18.0 Å². The van der Waals surface area contributed by atoms with Crippen LogP contribution in [0.4, 0.5) is 10.5 Å². The standard InChI is InChI=1S/C16H23N3O6S/c1-11(2)8-9-17-16(22)18-14(20)10-25-15(21)12-6-4-5-7-13(12)19-26(3,23)24/h4-7,11,19H,8-10H2,1-3H3,(H2,17,18,20,22). The van der Waals surface area contributed by atoms with Crippen LogP contribution in [0.5, 0.6) is 0 Å². The van der Waals surface area contributed by atoms with Gasteiger partial charge in [0.05, 0.1) is 17.5 Å². The van der Waals surface area contributed by atoms with Gasteiger partial charge in [0.1, 0.15) is 0 Å². The highest BCUT2D eigenvalue weighted by molar-refractivity contribution is 7.92. The van der Waals surface area contributed by atoms with Gasteiger partial charge in [0.2, 0.25) is 10.0 Å². The minimum absolute atomic E-state index is 0.0341. The molecule has 0 heterocycles. The molecule has 3 amide bonds. The van der Waals surface area contributed by atoms with Crippen molar-refractivity contribution in [2.45, 2.75) is 20.3 Å². The lowest BCUT2D eigenvalue weighted by Crippen LogP contribution is -2.42. The Kier molecular flexibility index (Phi) is 8.04. The zero-order valence-electron chi connectivity index (χ0n) is 14.9. The molecule has 1 aromatic rings. The molecule has 0 saturated heterocycles. The highest BCUT2D eigenvalue weighted by Gasteiger charge is 2.17. The summed E-state index contributed by atoms with van der Waals surface area (Å²) in [5.74, 6) is -1.28. The summed E-state index contributed by atoms with van der Waals surface area (Å²) in [6.45, 7) is 3.74. The van der Waals surface area contributed by atoms with Crippen molar-refractivity contribution in [2.24, 2.45) is 5.92 Å². The van der Waals surface area contributed by atoms with Crippen LogP contribution in [0.25, 0.3) is 0 Å². The second kappa shape index (κ2) is 9.76. The summed E-state index contributed by atoms with van der Waals surface area (Å²) in [4.78, 5) is 35.2. The number of carbonyl (C=O) groups excluding carboxylic acids is 3. The number of ether oxygens (including phenoxy) is 1. The Labute approximate surface area is 152 Å². The first kappa shape index (κ1) is 21.4. The third-order valence-electron chi connectivity index (χ3n) is 3.04. The van der Waals surface area contributed by atoms with Gasteiger partial charge in [-0.3, -0.25) is 14.8 Å². The van der Waals surface area contributed by atoms with Crippen LogP contribution in [0.2, 0.25) is 0 Å². The molecule has 9 nitrogen and oxygen atoms in total. The van der Waals surface area contributed by atoms with Crippen LogP contribution in [0.1, 0.15) is 30.6 Å². The molecule has 0 spiro atoms. The van der Waals surface area contributed by atoms with E-state index in [9.17, 15) is 22.8 Å². The van der Waals surface area contributed by atoms with Crippen molar-refractivity contribution in [1.29, 1.82) is 0 Å². The van der Waals surface area contributed by atoms with Gasteiger partial charge in [-0.2, -0.15) is 0 Å². The quantitative estimate of drug-likeness (QED) is 0.574. The Bertz CT molecular complexity index is 761. The lowest BCUT2D eigenvalue weighted by Gasteiger charge is -2.11. The molecule has 0 aromatic heterocycles. The lowest BCUT2D eigenvalue weighted by molar-refractivity contribution is -0.123. The first-order chi connectivity index (χ1) is 12.1. The maximum Gasteiger partial charge on any atom is 0.340 e. The molecule has 3 N–H and O–H groups in total. The van der Waals surface area contributed by atoms with E-state index in [4.69, 9.17) is 4.74 Å². The zero-order valence-corrected chi connectivity index (χ0v) is 15.7. The third-order valence-corrected chi connectivity index (χ3v) is 3.63. The molecule has 10 heteroatoms. The Morgan fingerprint density at radius 1 is 1.15 bits per heavy atom. The fraction of sp³-hybridized carbons (Fsp3) is 0.438. The average molecular weight is 385 g/mol. The van der Waals surface area contributed by atoms with Gasteiger partial charge in [0.25, 0.3) is 5.91 Å². The molecule has 0 radical (unpaired) electrons. The lowest BCUT2D eigenvalue weighted by atomic mass is 10.1. The molecule has 0 aliphatic carbocycles. The van der Waals surface area contributed by atoms with Crippen molar-refractivity contribution >= 4 is 33.6 Å². The summed E-state index contributed by atoms with van der Waals surface area (Å²) in [6, 6.07) is 5.13. The number of imide groups is 1. The van der Waals surface area contributed by atoms with E-state index in [2.05, 4.69) is 10.0 Å². The number of anilines is 1. The van der Waals surface area contributed by atoms with Crippen LogP contribution in [0, 0.1) is 5.92 Å². The van der Waals surface area contributed by atoms with Gasteiger partial charge >= 0.3 is 12.0 Å². The minimum atomic E-state index is -3.59. The maximum absolute atomic E-state index is 12.1. The zero-order chi connectivity index (χ0) is 19.7. The van der Waals surface area contributed by atoms with Crippen LogP contribution in [-0.4, -0.2) is 45.7 Å². The summed E-state index contributed by atoms with van der Waals surface area (Å²) in [5.41, 5.74) is -0.0149. The third kappa shape index (κ3) is 8.47. The minimum Gasteiger partial charge on any atom is -0.452 e. The maximum atomic E-state index is 12.1. The molecule has 26 heavy (non-hydrogen) atoms. The molecule has 0 saturated carbocycles. The number of amides is 3. The van der Waals surface area contributed by atoms with Gasteiger partial charge in [-0.15, -0.1) is 0 Å². The largest absolute Gasteiger partial charge is 0.452 e. The van der Waals surface area contributed by atoms with Crippen molar-refractivity contribution in [3.05, 3.63) is 29.8 Å². The smallest absolute Gasteiger partial charge is 0.340 e. The highest BCUT2D eigenvalue weighted by atomic mass is 32.2. The fourth-order valence-corrected chi connectivity index (χ4v) is 2.42. The van der Waals surface area contributed by atoms with E-state index in [-0.39, 0.29) is 11.3 Å². The van der Waals surface area contributed by atoms with Gasteiger partial charge in [0.15, 0.2) is 6.61 Å². The van der Waals surface area contributed by atoms with Crippen molar-refractivity contribution in [1.82, 2.24) is 10.6 Å². The van der Waals surface area contributed by atoms with E-state index in [1.807, 2.05) is 19.2 Å². The van der Waals surface area contributed by atoms with Crippen LogP contribution in [0.15, 0.2) is 24.3 Å². The van der Waals surface area contributed by atoms with Crippen LogP contribution < -0.4 is 15.4 Å². The molecule has 1 aromatic carbocycles. The van der Waals surface area contributed by atoms with Crippen molar-refractivity contribution in [2.75, 3.05) is 24.1 Å². The first-order valence-electron chi connectivity index (χ1n) is 7.90. The van der Waals surface area contributed by atoms with Crippen LogP contribution in [-0.2, 0) is 19.6 Å². The van der Waals surface area contributed by atoms with Gasteiger partial charge < -0.3 is 10.1 Å². The first-order valence-corrected chi connectivity index (χ1v) is 9.79. The average Bonchev–Trinajstić information content (AvgIpc) is 2.51. The Hall–Kier alpha value is -2.62. The van der Waals surface area contributed by atoms with E-state index in [0.717, 1.165) is 12.7 Å². The van der Waals surface area contributed by atoms with Gasteiger partial charge in [-0.1, -0.05) is 26.0 Å². The van der Waals surface area contributed by atoms with Crippen molar-refractivity contribution in [3.8, 4) is 0 Å². The SMILES string of the molecule is CC(C)CCNC(=O)NC(=O)COC(=O)c1ccccc1NS(C)(=O)=O. The van der Waals surface area contributed by atoms with E-state index >= 15 is 0 Å². The van der Waals surface area contributed by atoms with Crippen molar-refractivity contribution < 1.29 is 27.5 Å². The summed E-state index contributed by atoms with van der Waals surface area (Å²) in [6.07, 6.45) is 1.71. The summed E-state index contributed by atoms with van der Waals surface area (Å²) in [7, 11) is -3.59. The second-order valence-corrected chi connectivity index (χ2v) is 7.73. The summed E-state index contributed by atoms with van der Waals surface area (Å²) < 4.78 is 29.7. The Balaban J connectivity index is 2.54. The predicted molar refractivity (Wildman–Crippen MR) is 96.2 cm³/mol. The number of para-hydroxylation sites is 1. The van der Waals surface area contributed by atoms with Gasteiger partial charge in [0, 0.05) is 6.54 Å². The van der Waals surface area contributed by atoms with E-state index in [0.29, 0.717) is 12.5 Å². The number of urea groups is 1. The molecule has 0 aliphatic heterocycles. The number of sulfonamides is 1. The van der Waals surface area contributed by atoms with Crippen LogP contribution in [0.3, 0.4) is 0 Å². The predicted octanol–water partition coefficient (Wildman–Crippen LogP) is 1.09. The monoisotopic (exact) mass is 385 g/mol. The number of benzene rings is 1. The molecular formula is C16H23N3O6S. The Morgan fingerprint density at radius 3 is 2.42 bits per heavy atom. The topological polar surface area (TPSA) is 131 Å². The highest BCUT2D eigenvalue weighted by Crippen LogP contribution is 2.17. The molecule has 144 valence electrons. The molecule has 0 atom stereocenters. The Morgan fingerprint density at radius 2 is 1.81 bits per heavy atom. The number of rotatable bonds is 8. The molecule has 0 fully saturated rings. The number of nitrogens with one attached hydrogen (secondary N) is 3. The number of carbonyl (C=O) groups is 3. The summed E-state index contributed by atoms with van der Waals surface area (Å²) in [5, 5.41) is 4.55. The second-order valence-electron chi connectivity index (χ2n) is 5.98. The molecule has 0 unspecified atom stereocenters. The fourth-order valence-electron chi connectivity index (χ4n) is 1.84. The molecular weight excluding hydrogens is 362 g/mol. The van der Waals surface area contributed by atoms with Gasteiger partial charge in [-0.05, 0) is 24.5 Å². The molecule has 0 bridgehead atoms. The number of hydrogen-bond donors (Lipinski definition) is 3. The molecule has 1 rings (SSSR count). The molecule has 0 aliphatic rings. The summed E-state index contributed by atoms with van der Waals surface area (Å²) >= 11 is 0. The number of hydrogen-bond acceptors (Lipinski definition) is 6. The van der Waals surface area contributed by atoms with E-state index in [1.54, 1.807) is 6.07 Å². The van der Waals surface area contributed by atoms with E-state index < -0.39 is 34.5 Å². The number of esters is 1. The van der Waals surface area contributed by atoms with E-state index in [1.165, 1.54) is 18.2 Å². The van der Waals surface area contributed by atoms with Crippen LogP contribution >= 0.6 is 0 Å². The van der Waals surface area contributed by atoms with Crippen molar-refractivity contribution in [3.63, 3.8) is 0 Å². The normalized spacial score (nSPS) is 10.9.